The number of hydrogen-bond acceptors (Lipinski definition) is 3. The lowest BCUT2D eigenvalue weighted by atomic mass is 9.87. The summed E-state index contributed by atoms with van der Waals surface area (Å²) in [7, 11) is 3.40. The molecule has 27 heavy (non-hydrogen) atoms. The van der Waals surface area contributed by atoms with Crippen LogP contribution >= 0.6 is 0 Å². The molecule has 0 fully saturated rings. The van der Waals surface area contributed by atoms with Crippen molar-refractivity contribution in [2.24, 2.45) is 0 Å². The van der Waals surface area contributed by atoms with Gasteiger partial charge in [0.2, 0.25) is 0 Å². The van der Waals surface area contributed by atoms with Crippen molar-refractivity contribution in [2.75, 3.05) is 20.8 Å². The standard InChI is InChI=1S/C24H25NO2/c1-26-22-15-20-13-14-25(17-18-9-5-3-6-10-18)24(19-11-7-4-8-12-19)21(20)16-23(22)27-2/h3-12,15-16,24H,13-14,17H2,1-2H3. The van der Waals surface area contributed by atoms with Gasteiger partial charge in [-0.2, -0.15) is 0 Å². The van der Waals surface area contributed by atoms with Gasteiger partial charge in [0.25, 0.3) is 0 Å². The number of hydrogen-bond donors (Lipinski definition) is 0. The molecule has 0 saturated carbocycles. The highest BCUT2D eigenvalue weighted by atomic mass is 16.5. The minimum Gasteiger partial charge on any atom is -0.493 e. The van der Waals surface area contributed by atoms with Crippen LogP contribution in [0.25, 0.3) is 0 Å². The molecule has 0 aliphatic carbocycles. The smallest absolute Gasteiger partial charge is 0.161 e. The van der Waals surface area contributed by atoms with E-state index in [0.717, 1.165) is 31.0 Å². The average Bonchev–Trinajstić information content (AvgIpc) is 2.74. The van der Waals surface area contributed by atoms with Crippen molar-refractivity contribution in [3.05, 3.63) is 95.1 Å². The van der Waals surface area contributed by atoms with Crippen LogP contribution in [0.4, 0.5) is 0 Å². The van der Waals surface area contributed by atoms with Gasteiger partial charge in [-0.15, -0.1) is 0 Å². The zero-order chi connectivity index (χ0) is 18.6. The van der Waals surface area contributed by atoms with Gasteiger partial charge in [0.05, 0.1) is 20.3 Å². The molecule has 0 saturated heterocycles. The molecule has 0 spiro atoms. The summed E-state index contributed by atoms with van der Waals surface area (Å²) >= 11 is 0. The zero-order valence-electron chi connectivity index (χ0n) is 15.9. The summed E-state index contributed by atoms with van der Waals surface area (Å²) in [5, 5.41) is 0. The quantitative estimate of drug-likeness (QED) is 0.650. The number of fused-ring (bicyclic) bond motifs is 1. The van der Waals surface area contributed by atoms with Crippen LogP contribution in [0.15, 0.2) is 72.8 Å². The zero-order valence-corrected chi connectivity index (χ0v) is 15.9. The van der Waals surface area contributed by atoms with Crippen LogP contribution in [0.5, 0.6) is 11.5 Å². The fourth-order valence-corrected chi connectivity index (χ4v) is 4.01. The Morgan fingerprint density at radius 3 is 2.15 bits per heavy atom. The molecule has 0 aromatic heterocycles. The van der Waals surface area contributed by atoms with E-state index in [1.54, 1.807) is 14.2 Å². The van der Waals surface area contributed by atoms with Crippen molar-refractivity contribution in [1.29, 1.82) is 0 Å². The molecule has 1 atom stereocenters. The van der Waals surface area contributed by atoms with Crippen LogP contribution in [-0.4, -0.2) is 25.7 Å². The van der Waals surface area contributed by atoms with E-state index in [4.69, 9.17) is 9.47 Å². The highest BCUT2D eigenvalue weighted by Gasteiger charge is 2.30. The molecule has 0 N–H and O–H groups in total. The van der Waals surface area contributed by atoms with Crippen LogP contribution in [0.3, 0.4) is 0 Å². The normalized spacial score (nSPS) is 16.6. The van der Waals surface area contributed by atoms with Crippen LogP contribution in [0.1, 0.15) is 28.3 Å². The predicted molar refractivity (Wildman–Crippen MR) is 108 cm³/mol. The lowest BCUT2D eigenvalue weighted by Gasteiger charge is -2.38. The molecule has 1 unspecified atom stereocenters. The molecule has 1 aliphatic rings. The summed E-state index contributed by atoms with van der Waals surface area (Å²) in [4.78, 5) is 2.55. The molecule has 3 heteroatoms. The second-order valence-electron chi connectivity index (χ2n) is 6.93. The average molecular weight is 359 g/mol. The molecule has 138 valence electrons. The summed E-state index contributed by atoms with van der Waals surface area (Å²) in [5.41, 5.74) is 5.29. The Labute approximate surface area is 161 Å². The second-order valence-corrected chi connectivity index (χ2v) is 6.93. The van der Waals surface area contributed by atoms with Crippen molar-refractivity contribution in [3.63, 3.8) is 0 Å². The van der Waals surface area contributed by atoms with E-state index in [1.807, 2.05) is 0 Å². The van der Waals surface area contributed by atoms with Gasteiger partial charge in [-0.1, -0.05) is 60.7 Å². The Balaban J connectivity index is 1.79. The first-order chi connectivity index (χ1) is 13.3. The first-order valence-corrected chi connectivity index (χ1v) is 9.38. The Bertz CT molecular complexity index is 893. The van der Waals surface area contributed by atoms with Gasteiger partial charge in [-0.3, -0.25) is 4.90 Å². The molecule has 3 aromatic carbocycles. The SMILES string of the molecule is COc1cc2c(cc1OC)C(c1ccccc1)N(Cc1ccccc1)CC2. The van der Waals surface area contributed by atoms with E-state index < -0.39 is 0 Å². The monoisotopic (exact) mass is 359 g/mol. The third-order valence-electron chi connectivity index (χ3n) is 5.32. The van der Waals surface area contributed by atoms with Gasteiger partial charge in [-0.25, -0.2) is 0 Å². The number of methoxy groups -OCH3 is 2. The minimum atomic E-state index is 0.204. The van der Waals surface area contributed by atoms with Gasteiger partial charge in [0.15, 0.2) is 11.5 Å². The van der Waals surface area contributed by atoms with Crippen LogP contribution in [0.2, 0.25) is 0 Å². The molecule has 1 heterocycles. The van der Waals surface area contributed by atoms with Crippen molar-refractivity contribution < 1.29 is 9.47 Å². The Morgan fingerprint density at radius 2 is 1.48 bits per heavy atom. The van der Waals surface area contributed by atoms with Crippen molar-refractivity contribution in [1.82, 2.24) is 4.90 Å². The molecule has 1 aliphatic heterocycles. The summed E-state index contributed by atoms with van der Waals surface area (Å²) in [5.74, 6) is 1.60. The van der Waals surface area contributed by atoms with Gasteiger partial charge in [0.1, 0.15) is 0 Å². The largest absolute Gasteiger partial charge is 0.493 e. The number of rotatable bonds is 5. The van der Waals surface area contributed by atoms with E-state index in [0.29, 0.717) is 0 Å². The van der Waals surface area contributed by atoms with Crippen LogP contribution in [0, 0.1) is 0 Å². The van der Waals surface area contributed by atoms with E-state index in [9.17, 15) is 0 Å². The molecule has 0 amide bonds. The maximum absolute atomic E-state index is 5.60. The fraction of sp³-hybridized carbons (Fsp3) is 0.250. The van der Waals surface area contributed by atoms with Crippen LogP contribution in [-0.2, 0) is 13.0 Å². The number of ether oxygens (including phenoxy) is 2. The lowest BCUT2D eigenvalue weighted by molar-refractivity contribution is 0.203. The molecular weight excluding hydrogens is 334 g/mol. The highest BCUT2D eigenvalue weighted by molar-refractivity contribution is 5.51. The Morgan fingerprint density at radius 1 is 0.852 bits per heavy atom. The highest BCUT2D eigenvalue weighted by Crippen LogP contribution is 2.41. The molecule has 0 radical (unpaired) electrons. The molecule has 3 aromatic rings. The van der Waals surface area contributed by atoms with E-state index in [-0.39, 0.29) is 6.04 Å². The van der Waals surface area contributed by atoms with Gasteiger partial charge in [0, 0.05) is 13.1 Å². The van der Waals surface area contributed by atoms with Gasteiger partial charge in [-0.05, 0) is 40.8 Å². The van der Waals surface area contributed by atoms with E-state index in [2.05, 4.69) is 77.7 Å². The first-order valence-electron chi connectivity index (χ1n) is 9.38. The van der Waals surface area contributed by atoms with Crippen molar-refractivity contribution >= 4 is 0 Å². The molecule has 0 bridgehead atoms. The van der Waals surface area contributed by atoms with Gasteiger partial charge >= 0.3 is 0 Å². The number of nitrogens with zero attached hydrogens (tertiary/aromatic N) is 1. The molecule has 4 rings (SSSR count). The molecular formula is C24H25NO2. The first kappa shape index (κ1) is 17.6. The van der Waals surface area contributed by atoms with Crippen molar-refractivity contribution in [3.8, 4) is 11.5 Å². The second kappa shape index (κ2) is 7.85. The Hall–Kier alpha value is -2.78. The maximum Gasteiger partial charge on any atom is 0.161 e. The van der Waals surface area contributed by atoms with Crippen LogP contribution < -0.4 is 9.47 Å². The summed E-state index contributed by atoms with van der Waals surface area (Å²) < 4.78 is 11.1. The Kier molecular flexibility index (Phi) is 5.12. The van der Waals surface area contributed by atoms with Gasteiger partial charge < -0.3 is 9.47 Å². The predicted octanol–water partition coefficient (Wildman–Crippen LogP) is 4.85. The topological polar surface area (TPSA) is 21.7 Å². The number of benzene rings is 3. The minimum absolute atomic E-state index is 0.204. The molecule has 3 nitrogen and oxygen atoms in total. The summed E-state index contributed by atoms with van der Waals surface area (Å²) in [6.45, 7) is 1.94. The van der Waals surface area contributed by atoms with E-state index >= 15 is 0 Å². The summed E-state index contributed by atoms with van der Waals surface area (Å²) in [6, 6.07) is 25.9. The van der Waals surface area contributed by atoms with E-state index in [1.165, 1.54) is 22.3 Å². The maximum atomic E-state index is 5.60. The lowest BCUT2D eigenvalue weighted by Crippen LogP contribution is -2.35. The third-order valence-corrected chi connectivity index (χ3v) is 5.32. The van der Waals surface area contributed by atoms with Crippen molar-refractivity contribution in [2.45, 2.75) is 19.0 Å². The summed E-state index contributed by atoms with van der Waals surface area (Å²) in [6.07, 6.45) is 1.01. The fourth-order valence-electron chi connectivity index (χ4n) is 4.01. The third kappa shape index (κ3) is 3.56.